The Kier molecular flexibility index (Phi) is 5.07. The zero-order valence-corrected chi connectivity index (χ0v) is 14.5. The molecule has 1 amide bonds. The van der Waals surface area contributed by atoms with Crippen LogP contribution in [0, 0.1) is 26.6 Å². The van der Waals surface area contributed by atoms with Crippen molar-refractivity contribution in [1.29, 1.82) is 0 Å². The number of aromatic nitrogens is 1. The van der Waals surface area contributed by atoms with E-state index in [1.165, 1.54) is 18.1 Å². The summed E-state index contributed by atoms with van der Waals surface area (Å²) in [5, 5.41) is 0. The number of H-pyrrole nitrogens is 1. The van der Waals surface area contributed by atoms with Crippen molar-refractivity contribution >= 4 is 11.9 Å². The minimum atomic E-state index is -0.448. The molecule has 0 aliphatic heterocycles. The molecule has 0 radical (unpaired) electrons. The molecule has 0 unspecified atom stereocenters. The number of hydrogen-bond acceptors (Lipinski definition) is 3. The average Bonchev–Trinajstić information content (AvgIpc) is 2.84. The van der Waals surface area contributed by atoms with Crippen molar-refractivity contribution in [2.45, 2.75) is 27.3 Å². The van der Waals surface area contributed by atoms with Crippen LogP contribution in [0.2, 0.25) is 0 Å². The third-order valence-corrected chi connectivity index (χ3v) is 4.14. The van der Waals surface area contributed by atoms with E-state index in [0.717, 1.165) is 16.8 Å². The fourth-order valence-corrected chi connectivity index (χ4v) is 2.59. The van der Waals surface area contributed by atoms with Crippen molar-refractivity contribution < 1.29 is 18.7 Å². The van der Waals surface area contributed by atoms with Gasteiger partial charge in [0.1, 0.15) is 11.5 Å². The molecule has 1 aromatic heterocycles. The van der Waals surface area contributed by atoms with E-state index in [9.17, 15) is 14.0 Å². The molecule has 2 aromatic rings. The number of benzene rings is 1. The number of carbonyl (C=O) groups is 2. The molecule has 0 saturated carbocycles. The average molecular weight is 332 g/mol. The van der Waals surface area contributed by atoms with Gasteiger partial charge in [-0.25, -0.2) is 9.18 Å². The molecule has 2 rings (SSSR count). The molecule has 0 spiro atoms. The first-order valence-electron chi connectivity index (χ1n) is 7.54. The molecule has 0 bridgehead atoms. The van der Waals surface area contributed by atoms with Gasteiger partial charge in [-0.05, 0) is 49.6 Å². The molecule has 5 nitrogen and oxygen atoms in total. The minimum absolute atomic E-state index is 0.284. The SMILES string of the molecule is COC(=O)c1[nH]c(C)c(CN(C)C(=O)c2ccc(C)c(F)c2)c1C. The Morgan fingerprint density at radius 2 is 1.92 bits per heavy atom. The number of aryl methyl sites for hydroxylation is 2. The highest BCUT2D eigenvalue weighted by Gasteiger charge is 2.21. The maximum absolute atomic E-state index is 13.7. The molecule has 1 N–H and O–H groups in total. The second-order valence-corrected chi connectivity index (χ2v) is 5.85. The summed E-state index contributed by atoms with van der Waals surface area (Å²) in [6.07, 6.45) is 0. The molecule has 0 aliphatic carbocycles. The summed E-state index contributed by atoms with van der Waals surface area (Å²) in [5.74, 6) is -1.14. The van der Waals surface area contributed by atoms with Gasteiger partial charge < -0.3 is 14.6 Å². The molecule has 0 atom stereocenters. The summed E-state index contributed by atoms with van der Waals surface area (Å²) in [4.78, 5) is 28.7. The van der Waals surface area contributed by atoms with Crippen molar-refractivity contribution in [3.05, 3.63) is 57.7 Å². The molecule has 24 heavy (non-hydrogen) atoms. The van der Waals surface area contributed by atoms with E-state index < -0.39 is 11.8 Å². The number of ether oxygens (including phenoxy) is 1. The molecular formula is C18H21FN2O3. The Morgan fingerprint density at radius 3 is 2.50 bits per heavy atom. The van der Waals surface area contributed by atoms with E-state index in [0.29, 0.717) is 23.4 Å². The summed E-state index contributed by atoms with van der Waals surface area (Å²) in [5.41, 5.74) is 3.55. The number of rotatable bonds is 4. The maximum atomic E-state index is 13.7. The van der Waals surface area contributed by atoms with Crippen LogP contribution in [-0.2, 0) is 11.3 Å². The molecule has 6 heteroatoms. The van der Waals surface area contributed by atoms with Gasteiger partial charge in [0, 0.05) is 24.8 Å². The number of carbonyl (C=O) groups excluding carboxylic acids is 2. The lowest BCUT2D eigenvalue weighted by molar-refractivity contribution is 0.0593. The van der Waals surface area contributed by atoms with E-state index in [1.54, 1.807) is 33.0 Å². The number of amides is 1. The topological polar surface area (TPSA) is 62.4 Å². The third kappa shape index (κ3) is 3.32. The van der Waals surface area contributed by atoms with Crippen LogP contribution >= 0.6 is 0 Å². The Balaban J connectivity index is 2.24. The highest BCUT2D eigenvalue weighted by Crippen LogP contribution is 2.21. The molecule has 0 fully saturated rings. The Labute approximate surface area is 140 Å². The van der Waals surface area contributed by atoms with Gasteiger partial charge in [-0.3, -0.25) is 4.79 Å². The molecular weight excluding hydrogens is 311 g/mol. The summed E-state index contributed by atoms with van der Waals surface area (Å²) >= 11 is 0. The Bertz CT molecular complexity index is 796. The van der Waals surface area contributed by atoms with Gasteiger partial charge in [0.2, 0.25) is 0 Å². The maximum Gasteiger partial charge on any atom is 0.354 e. The Hall–Kier alpha value is -2.63. The first-order valence-corrected chi connectivity index (χ1v) is 7.54. The molecule has 0 aliphatic rings. The van der Waals surface area contributed by atoms with E-state index in [-0.39, 0.29) is 5.91 Å². The fraction of sp³-hybridized carbons (Fsp3) is 0.333. The van der Waals surface area contributed by atoms with Gasteiger partial charge in [0.15, 0.2) is 0 Å². The highest BCUT2D eigenvalue weighted by atomic mass is 19.1. The van der Waals surface area contributed by atoms with Crippen molar-refractivity contribution in [2.24, 2.45) is 0 Å². The minimum Gasteiger partial charge on any atom is -0.464 e. The van der Waals surface area contributed by atoms with Crippen LogP contribution in [-0.4, -0.2) is 35.9 Å². The van der Waals surface area contributed by atoms with E-state index in [1.807, 2.05) is 6.92 Å². The number of nitrogens with zero attached hydrogens (tertiary/aromatic N) is 1. The van der Waals surface area contributed by atoms with Crippen LogP contribution in [0.25, 0.3) is 0 Å². The van der Waals surface area contributed by atoms with Crippen molar-refractivity contribution in [2.75, 3.05) is 14.2 Å². The van der Waals surface area contributed by atoms with Crippen LogP contribution in [0.4, 0.5) is 4.39 Å². The first-order chi connectivity index (χ1) is 11.3. The van der Waals surface area contributed by atoms with Crippen LogP contribution in [0.3, 0.4) is 0 Å². The highest BCUT2D eigenvalue weighted by molar-refractivity contribution is 5.94. The van der Waals surface area contributed by atoms with E-state index >= 15 is 0 Å². The van der Waals surface area contributed by atoms with Crippen LogP contribution in [0.15, 0.2) is 18.2 Å². The predicted molar refractivity (Wildman–Crippen MR) is 88.5 cm³/mol. The molecule has 1 aromatic carbocycles. The zero-order chi connectivity index (χ0) is 18.0. The van der Waals surface area contributed by atoms with Gasteiger partial charge in [-0.15, -0.1) is 0 Å². The third-order valence-electron chi connectivity index (χ3n) is 4.14. The van der Waals surface area contributed by atoms with Crippen LogP contribution in [0.5, 0.6) is 0 Å². The number of esters is 1. The summed E-state index contributed by atoms with van der Waals surface area (Å²) < 4.78 is 18.4. The number of halogens is 1. The molecule has 128 valence electrons. The van der Waals surface area contributed by atoms with E-state index in [2.05, 4.69) is 4.98 Å². The number of nitrogens with one attached hydrogen (secondary N) is 1. The molecule has 1 heterocycles. The van der Waals surface area contributed by atoms with Gasteiger partial charge in [-0.2, -0.15) is 0 Å². The van der Waals surface area contributed by atoms with Gasteiger partial charge in [0.25, 0.3) is 5.91 Å². The standard InChI is InChI=1S/C18H21FN2O3/c1-10-6-7-13(8-15(10)19)17(22)21(4)9-14-11(2)16(18(23)24-5)20-12(14)3/h6-8,20H,9H2,1-5H3. The predicted octanol–water partition coefficient (Wildman–Crippen LogP) is 3.14. The van der Waals surface area contributed by atoms with Crippen molar-refractivity contribution in [1.82, 2.24) is 9.88 Å². The van der Waals surface area contributed by atoms with Gasteiger partial charge in [0.05, 0.1) is 7.11 Å². The van der Waals surface area contributed by atoms with E-state index in [4.69, 9.17) is 4.74 Å². The second kappa shape index (κ2) is 6.86. The Morgan fingerprint density at radius 1 is 1.25 bits per heavy atom. The second-order valence-electron chi connectivity index (χ2n) is 5.85. The molecule has 0 saturated heterocycles. The summed E-state index contributed by atoms with van der Waals surface area (Å²) in [6, 6.07) is 4.43. The number of hydrogen-bond donors (Lipinski definition) is 1. The fourth-order valence-electron chi connectivity index (χ4n) is 2.59. The largest absolute Gasteiger partial charge is 0.464 e. The lowest BCUT2D eigenvalue weighted by Gasteiger charge is -2.18. The quantitative estimate of drug-likeness (QED) is 0.875. The van der Waals surface area contributed by atoms with Crippen molar-refractivity contribution in [3.8, 4) is 0 Å². The summed E-state index contributed by atoms with van der Waals surface area (Å²) in [7, 11) is 2.96. The number of methoxy groups -OCH3 is 1. The van der Waals surface area contributed by atoms with Crippen LogP contribution < -0.4 is 0 Å². The smallest absolute Gasteiger partial charge is 0.354 e. The van der Waals surface area contributed by atoms with Gasteiger partial charge in [-0.1, -0.05) is 6.07 Å². The zero-order valence-electron chi connectivity index (χ0n) is 14.5. The summed E-state index contributed by atoms with van der Waals surface area (Å²) in [6.45, 7) is 5.58. The lowest BCUT2D eigenvalue weighted by atomic mass is 10.1. The van der Waals surface area contributed by atoms with Crippen LogP contribution in [0.1, 0.15) is 43.2 Å². The first kappa shape index (κ1) is 17.7. The van der Waals surface area contributed by atoms with Gasteiger partial charge >= 0.3 is 5.97 Å². The monoisotopic (exact) mass is 332 g/mol. The normalized spacial score (nSPS) is 10.6. The number of aromatic amines is 1. The van der Waals surface area contributed by atoms with Crippen molar-refractivity contribution in [3.63, 3.8) is 0 Å². The lowest BCUT2D eigenvalue weighted by Crippen LogP contribution is -2.26.